The smallest absolute Gasteiger partial charge is 0.253 e. The van der Waals surface area contributed by atoms with Crippen molar-refractivity contribution < 1.29 is 9.90 Å². The van der Waals surface area contributed by atoms with Gasteiger partial charge in [0, 0.05) is 36.6 Å². The molecule has 1 saturated heterocycles. The van der Waals surface area contributed by atoms with Crippen LogP contribution in [-0.2, 0) is 0 Å². The zero-order valence-corrected chi connectivity index (χ0v) is 12.0. The second-order valence-corrected chi connectivity index (χ2v) is 5.46. The first-order valence-corrected chi connectivity index (χ1v) is 7.13. The van der Waals surface area contributed by atoms with Gasteiger partial charge < -0.3 is 10.0 Å². The third-order valence-corrected chi connectivity index (χ3v) is 3.93. The molecule has 4 nitrogen and oxygen atoms in total. The van der Waals surface area contributed by atoms with E-state index in [1.807, 2.05) is 43.5 Å². The quantitative estimate of drug-likeness (QED) is 0.919. The molecule has 2 aromatic rings. The van der Waals surface area contributed by atoms with Crippen molar-refractivity contribution in [3.63, 3.8) is 0 Å². The van der Waals surface area contributed by atoms with E-state index in [1.54, 1.807) is 11.1 Å². The highest BCUT2D eigenvalue weighted by Gasteiger charge is 2.25. The van der Waals surface area contributed by atoms with Gasteiger partial charge in [-0.2, -0.15) is 0 Å². The summed E-state index contributed by atoms with van der Waals surface area (Å²) >= 11 is 0. The highest BCUT2D eigenvalue weighted by Crippen LogP contribution is 2.23. The highest BCUT2D eigenvalue weighted by atomic mass is 16.3. The average molecular weight is 282 g/mol. The Balaban J connectivity index is 1.81. The fraction of sp³-hybridized carbons (Fsp3) is 0.294. The number of hydrogen-bond donors (Lipinski definition) is 1. The molecule has 1 fully saturated rings. The largest absolute Gasteiger partial charge is 0.391 e. The summed E-state index contributed by atoms with van der Waals surface area (Å²) in [5.74, 6) is -0.0130. The highest BCUT2D eigenvalue weighted by molar-refractivity contribution is 5.95. The Morgan fingerprint density at radius 2 is 2.05 bits per heavy atom. The van der Waals surface area contributed by atoms with Crippen LogP contribution in [0.2, 0.25) is 0 Å². The van der Waals surface area contributed by atoms with Gasteiger partial charge in [0.1, 0.15) is 0 Å². The Morgan fingerprint density at radius 3 is 2.67 bits per heavy atom. The lowest BCUT2D eigenvalue weighted by Gasteiger charge is -2.15. The Kier molecular flexibility index (Phi) is 3.71. The summed E-state index contributed by atoms with van der Waals surface area (Å²) in [4.78, 5) is 18.2. The van der Waals surface area contributed by atoms with Crippen LogP contribution in [0.1, 0.15) is 22.3 Å². The maximum absolute atomic E-state index is 12.3. The number of carbonyl (C=O) groups is 1. The van der Waals surface area contributed by atoms with Crippen LogP contribution in [0.4, 0.5) is 0 Å². The summed E-state index contributed by atoms with van der Waals surface area (Å²) in [6.07, 6.45) is 3.89. The third-order valence-electron chi connectivity index (χ3n) is 3.93. The van der Waals surface area contributed by atoms with Gasteiger partial charge in [0.2, 0.25) is 0 Å². The number of pyridine rings is 1. The van der Waals surface area contributed by atoms with Crippen LogP contribution < -0.4 is 0 Å². The Bertz CT molecular complexity index is 652. The van der Waals surface area contributed by atoms with Crippen LogP contribution in [0.3, 0.4) is 0 Å². The fourth-order valence-electron chi connectivity index (χ4n) is 2.67. The standard InChI is InChI=1S/C17H18N2O2/c1-12-6-8-18-10-16(12)13-2-4-14(5-3-13)17(21)19-9-7-15(20)11-19/h2-6,8,10,15,20H,7,9,11H2,1H3/t15-/m1/s1. The van der Waals surface area contributed by atoms with E-state index < -0.39 is 0 Å². The molecule has 4 heteroatoms. The van der Waals surface area contributed by atoms with Crippen molar-refractivity contribution in [1.29, 1.82) is 0 Å². The van der Waals surface area contributed by atoms with Gasteiger partial charge in [-0.25, -0.2) is 0 Å². The van der Waals surface area contributed by atoms with E-state index >= 15 is 0 Å². The molecular formula is C17H18N2O2. The van der Waals surface area contributed by atoms with Crippen molar-refractivity contribution in [2.75, 3.05) is 13.1 Å². The van der Waals surface area contributed by atoms with Crippen LogP contribution >= 0.6 is 0 Å². The number of benzene rings is 1. The summed E-state index contributed by atoms with van der Waals surface area (Å²) in [5.41, 5.74) is 3.95. The molecule has 2 heterocycles. The van der Waals surface area contributed by atoms with Gasteiger partial charge in [-0.15, -0.1) is 0 Å². The van der Waals surface area contributed by atoms with Gasteiger partial charge in [0.25, 0.3) is 5.91 Å². The number of hydrogen-bond acceptors (Lipinski definition) is 3. The number of aromatic nitrogens is 1. The number of aliphatic hydroxyl groups is 1. The minimum atomic E-state index is -0.383. The maximum Gasteiger partial charge on any atom is 0.253 e. The minimum absolute atomic E-state index is 0.0130. The SMILES string of the molecule is Cc1ccncc1-c1ccc(C(=O)N2CC[C@@H](O)C2)cc1. The maximum atomic E-state index is 12.3. The van der Waals surface area contributed by atoms with E-state index in [2.05, 4.69) is 4.98 Å². The van der Waals surface area contributed by atoms with Gasteiger partial charge in [0.15, 0.2) is 0 Å². The zero-order chi connectivity index (χ0) is 14.8. The third kappa shape index (κ3) is 2.81. The lowest BCUT2D eigenvalue weighted by atomic mass is 10.0. The van der Waals surface area contributed by atoms with Gasteiger partial charge in [-0.3, -0.25) is 9.78 Å². The van der Waals surface area contributed by atoms with Crippen molar-refractivity contribution in [2.45, 2.75) is 19.4 Å². The summed E-state index contributed by atoms with van der Waals surface area (Å²) in [5, 5.41) is 9.52. The minimum Gasteiger partial charge on any atom is -0.391 e. The van der Waals surface area contributed by atoms with E-state index in [0.717, 1.165) is 16.7 Å². The molecule has 1 aromatic carbocycles. The molecule has 1 aliphatic rings. The summed E-state index contributed by atoms with van der Waals surface area (Å²) in [6, 6.07) is 9.55. The number of aryl methyl sites for hydroxylation is 1. The topological polar surface area (TPSA) is 53.4 Å². The first kappa shape index (κ1) is 13.8. The zero-order valence-electron chi connectivity index (χ0n) is 12.0. The van der Waals surface area contributed by atoms with Crippen molar-refractivity contribution in [3.8, 4) is 11.1 Å². The van der Waals surface area contributed by atoms with E-state index in [-0.39, 0.29) is 12.0 Å². The van der Waals surface area contributed by atoms with Crippen molar-refractivity contribution in [2.24, 2.45) is 0 Å². The molecule has 0 aliphatic carbocycles. The van der Waals surface area contributed by atoms with Crippen molar-refractivity contribution in [3.05, 3.63) is 53.9 Å². The molecule has 3 rings (SSSR count). The second-order valence-electron chi connectivity index (χ2n) is 5.46. The van der Waals surface area contributed by atoms with Gasteiger partial charge in [-0.05, 0) is 42.7 Å². The molecule has 21 heavy (non-hydrogen) atoms. The van der Waals surface area contributed by atoms with E-state index in [1.165, 1.54) is 0 Å². The summed E-state index contributed by atoms with van der Waals surface area (Å²) in [7, 11) is 0. The predicted octanol–water partition coefficient (Wildman–Crippen LogP) is 2.26. The number of amides is 1. The van der Waals surface area contributed by atoms with Gasteiger partial charge in [0.05, 0.1) is 6.10 Å². The van der Waals surface area contributed by atoms with Crippen LogP contribution in [0.15, 0.2) is 42.7 Å². The molecule has 1 aromatic heterocycles. The molecule has 1 aliphatic heterocycles. The number of carbonyl (C=O) groups excluding carboxylic acids is 1. The molecule has 0 unspecified atom stereocenters. The lowest BCUT2D eigenvalue weighted by molar-refractivity contribution is 0.0765. The molecule has 0 bridgehead atoms. The second kappa shape index (κ2) is 5.66. The van der Waals surface area contributed by atoms with Crippen molar-refractivity contribution >= 4 is 5.91 Å². The lowest BCUT2D eigenvalue weighted by Crippen LogP contribution is -2.29. The van der Waals surface area contributed by atoms with Crippen LogP contribution in [0, 0.1) is 6.92 Å². The molecule has 108 valence electrons. The molecular weight excluding hydrogens is 264 g/mol. The Hall–Kier alpha value is -2.20. The van der Waals surface area contributed by atoms with E-state index in [4.69, 9.17) is 0 Å². The molecule has 1 N–H and O–H groups in total. The van der Waals surface area contributed by atoms with Crippen LogP contribution in [0.25, 0.3) is 11.1 Å². The number of aliphatic hydroxyl groups excluding tert-OH is 1. The Morgan fingerprint density at radius 1 is 1.29 bits per heavy atom. The Labute approximate surface area is 124 Å². The number of rotatable bonds is 2. The normalized spacial score (nSPS) is 18.0. The molecule has 1 amide bonds. The summed E-state index contributed by atoms with van der Waals surface area (Å²) in [6.45, 7) is 3.10. The van der Waals surface area contributed by atoms with E-state index in [9.17, 15) is 9.90 Å². The molecule has 0 radical (unpaired) electrons. The average Bonchev–Trinajstić information content (AvgIpc) is 2.94. The molecule has 0 spiro atoms. The van der Waals surface area contributed by atoms with Gasteiger partial charge >= 0.3 is 0 Å². The first-order valence-electron chi connectivity index (χ1n) is 7.13. The summed E-state index contributed by atoms with van der Waals surface area (Å²) < 4.78 is 0. The number of nitrogens with zero attached hydrogens (tertiary/aromatic N) is 2. The first-order chi connectivity index (χ1) is 10.1. The predicted molar refractivity (Wildman–Crippen MR) is 80.9 cm³/mol. The number of likely N-dealkylation sites (tertiary alicyclic amines) is 1. The van der Waals surface area contributed by atoms with Gasteiger partial charge in [-0.1, -0.05) is 12.1 Å². The van der Waals surface area contributed by atoms with Crippen molar-refractivity contribution in [1.82, 2.24) is 9.88 Å². The monoisotopic (exact) mass is 282 g/mol. The number of β-amino-alcohol motifs (C(OH)–C–C–N with tert-alkyl or cyclic N) is 1. The molecule has 0 saturated carbocycles. The van der Waals surface area contributed by atoms with Crippen LogP contribution in [-0.4, -0.2) is 40.1 Å². The molecule has 1 atom stereocenters. The fourth-order valence-corrected chi connectivity index (χ4v) is 2.67. The van der Waals surface area contributed by atoms with Crippen LogP contribution in [0.5, 0.6) is 0 Å². The van der Waals surface area contributed by atoms with E-state index in [0.29, 0.717) is 25.1 Å².